The number of amides is 2. The van der Waals surface area contributed by atoms with Gasteiger partial charge in [0, 0.05) is 0 Å². The van der Waals surface area contributed by atoms with Gasteiger partial charge in [0.2, 0.25) is 5.88 Å². The number of Topliss-reactive ketones (excluding diaryl/α,β-unsaturated/α-hetero) is 1. The highest BCUT2D eigenvalue weighted by molar-refractivity contribution is 6.11. The van der Waals surface area contributed by atoms with Crippen molar-refractivity contribution in [3.63, 3.8) is 0 Å². The van der Waals surface area contributed by atoms with Gasteiger partial charge in [-0.15, -0.1) is 0 Å². The van der Waals surface area contributed by atoms with Crippen LogP contribution in [-0.2, 0) is 4.74 Å². The SMILES string of the molecule is CC(=O)c1c(C)oc(NC(=O)OCC(C)C)c1C(N)=O. The van der Waals surface area contributed by atoms with Crippen molar-refractivity contribution in [1.82, 2.24) is 0 Å². The first kappa shape index (κ1) is 15.7. The lowest BCUT2D eigenvalue weighted by Crippen LogP contribution is -2.20. The van der Waals surface area contributed by atoms with Gasteiger partial charge in [-0.2, -0.15) is 0 Å². The fourth-order valence-corrected chi connectivity index (χ4v) is 1.66. The second kappa shape index (κ2) is 6.23. The second-order valence-corrected chi connectivity index (χ2v) is 4.78. The Hall–Kier alpha value is -2.31. The molecule has 0 aliphatic heterocycles. The van der Waals surface area contributed by atoms with E-state index in [2.05, 4.69) is 5.32 Å². The van der Waals surface area contributed by atoms with Gasteiger partial charge >= 0.3 is 6.09 Å². The Morgan fingerprint density at radius 1 is 1.30 bits per heavy atom. The third-order valence-electron chi connectivity index (χ3n) is 2.45. The summed E-state index contributed by atoms with van der Waals surface area (Å²) < 4.78 is 10.1. The van der Waals surface area contributed by atoms with Crippen molar-refractivity contribution in [3.05, 3.63) is 16.9 Å². The molecule has 0 aliphatic carbocycles. The molecule has 0 saturated heterocycles. The topological polar surface area (TPSA) is 112 Å². The molecule has 0 radical (unpaired) electrons. The minimum atomic E-state index is -0.855. The summed E-state index contributed by atoms with van der Waals surface area (Å²) in [6.45, 7) is 6.77. The Labute approximate surface area is 116 Å². The van der Waals surface area contributed by atoms with Crippen LogP contribution in [0.3, 0.4) is 0 Å². The zero-order chi connectivity index (χ0) is 15.4. The fraction of sp³-hybridized carbons (Fsp3) is 0.462. The van der Waals surface area contributed by atoms with E-state index in [0.717, 1.165) is 0 Å². The smallest absolute Gasteiger partial charge is 0.414 e. The quantitative estimate of drug-likeness (QED) is 0.803. The maximum Gasteiger partial charge on any atom is 0.414 e. The number of ketones is 1. The van der Waals surface area contributed by atoms with E-state index in [4.69, 9.17) is 14.9 Å². The van der Waals surface area contributed by atoms with Crippen molar-refractivity contribution < 1.29 is 23.5 Å². The summed E-state index contributed by atoms with van der Waals surface area (Å²) in [6.07, 6.45) is -0.773. The van der Waals surface area contributed by atoms with Crippen molar-refractivity contribution >= 4 is 23.7 Å². The molecular weight excluding hydrogens is 264 g/mol. The predicted molar refractivity (Wildman–Crippen MR) is 71.8 cm³/mol. The van der Waals surface area contributed by atoms with Crippen LogP contribution in [-0.4, -0.2) is 24.4 Å². The van der Waals surface area contributed by atoms with Gasteiger partial charge in [-0.1, -0.05) is 13.8 Å². The van der Waals surface area contributed by atoms with E-state index in [-0.39, 0.29) is 41.1 Å². The van der Waals surface area contributed by atoms with E-state index >= 15 is 0 Å². The van der Waals surface area contributed by atoms with Crippen LogP contribution in [0.5, 0.6) is 0 Å². The molecule has 20 heavy (non-hydrogen) atoms. The molecule has 1 rings (SSSR count). The third kappa shape index (κ3) is 3.59. The third-order valence-corrected chi connectivity index (χ3v) is 2.45. The van der Waals surface area contributed by atoms with Gasteiger partial charge in [0.1, 0.15) is 11.3 Å². The molecule has 0 atom stereocenters. The van der Waals surface area contributed by atoms with Gasteiger partial charge in [0.15, 0.2) is 5.78 Å². The second-order valence-electron chi connectivity index (χ2n) is 4.78. The molecule has 1 heterocycles. The lowest BCUT2D eigenvalue weighted by molar-refractivity contribution is 0.0974. The van der Waals surface area contributed by atoms with Gasteiger partial charge in [-0.25, -0.2) is 4.79 Å². The minimum Gasteiger partial charge on any atom is -0.449 e. The van der Waals surface area contributed by atoms with E-state index in [1.165, 1.54) is 13.8 Å². The highest BCUT2D eigenvalue weighted by Gasteiger charge is 2.26. The van der Waals surface area contributed by atoms with E-state index < -0.39 is 12.0 Å². The van der Waals surface area contributed by atoms with Crippen LogP contribution in [0.2, 0.25) is 0 Å². The number of ether oxygens (including phenoxy) is 1. The molecule has 0 saturated carbocycles. The normalized spacial score (nSPS) is 10.4. The molecule has 110 valence electrons. The number of primary amides is 1. The maximum atomic E-state index is 11.6. The average molecular weight is 282 g/mol. The van der Waals surface area contributed by atoms with Gasteiger partial charge < -0.3 is 14.9 Å². The van der Waals surface area contributed by atoms with Gasteiger partial charge in [0.05, 0.1) is 12.2 Å². The number of carbonyl (C=O) groups is 3. The van der Waals surface area contributed by atoms with Gasteiger partial charge in [0.25, 0.3) is 5.91 Å². The van der Waals surface area contributed by atoms with Crippen molar-refractivity contribution in [1.29, 1.82) is 0 Å². The number of aryl methyl sites for hydroxylation is 1. The van der Waals surface area contributed by atoms with E-state index in [1.807, 2.05) is 13.8 Å². The van der Waals surface area contributed by atoms with Gasteiger partial charge in [-0.05, 0) is 19.8 Å². The Balaban J connectivity index is 3.01. The van der Waals surface area contributed by atoms with Crippen LogP contribution in [0.25, 0.3) is 0 Å². The lowest BCUT2D eigenvalue weighted by atomic mass is 10.1. The van der Waals surface area contributed by atoms with Crippen LogP contribution in [0.15, 0.2) is 4.42 Å². The fourth-order valence-electron chi connectivity index (χ4n) is 1.66. The highest BCUT2D eigenvalue weighted by atomic mass is 16.6. The summed E-state index contributed by atoms with van der Waals surface area (Å²) in [4.78, 5) is 34.5. The predicted octanol–water partition coefficient (Wildman–Crippen LogP) is 2.09. The first-order valence-electron chi connectivity index (χ1n) is 6.12. The van der Waals surface area contributed by atoms with Crippen molar-refractivity contribution in [2.45, 2.75) is 27.7 Å². The monoisotopic (exact) mass is 282 g/mol. The number of nitrogens with one attached hydrogen (secondary N) is 1. The summed E-state index contributed by atoms with van der Waals surface area (Å²) in [6, 6.07) is 0. The van der Waals surface area contributed by atoms with E-state index in [9.17, 15) is 14.4 Å². The molecule has 2 amide bonds. The summed E-state index contributed by atoms with van der Waals surface area (Å²) in [5.41, 5.74) is 5.15. The molecule has 0 fully saturated rings. The van der Waals surface area contributed by atoms with Gasteiger partial charge in [-0.3, -0.25) is 14.9 Å². The lowest BCUT2D eigenvalue weighted by Gasteiger charge is -2.07. The number of anilines is 1. The molecule has 0 unspecified atom stereocenters. The van der Waals surface area contributed by atoms with E-state index in [0.29, 0.717) is 0 Å². The first-order valence-corrected chi connectivity index (χ1v) is 6.12. The Morgan fingerprint density at radius 2 is 1.90 bits per heavy atom. The van der Waals surface area contributed by atoms with E-state index in [1.54, 1.807) is 0 Å². The number of hydrogen-bond acceptors (Lipinski definition) is 5. The molecule has 7 nitrogen and oxygen atoms in total. The van der Waals surface area contributed by atoms with Crippen LogP contribution in [0.4, 0.5) is 10.7 Å². The Morgan fingerprint density at radius 3 is 2.35 bits per heavy atom. The van der Waals surface area contributed by atoms with Crippen LogP contribution < -0.4 is 11.1 Å². The highest BCUT2D eigenvalue weighted by Crippen LogP contribution is 2.27. The zero-order valence-corrected chi connectivity index (χ0v) is 11.9. The summed E-state index contributed by atoms with van der Waals surface area (Å²) in [5.74, 6) is -1.02. The number of rotatable bonds is 5. The molecular formula is C13H18N2O5. The molecule has 1 aromatic rings. The van der Waals surface area contributed by atoms with Crippen molar-refractivity contribution in [2.75, 3.05) is 11.9 Å². The standard InChI is InChI=1S/C13H18N2O5/c1-6(2)5-19-13(18)15-12-10(11(14)17)9(7(3)16)8(4)20-12/h6H,5H2,1-4H3,(H2,14,17)(H,15,18). The van der Waals surface area contributed by atoms with Crippen molar-refractivity contribution in [3.8, 4) is 0 Å². The first-order chi connectivity index (χ1) is 9.23. The summed E-state index contributed by atoms with van der Waals surface area (Å²) in [5, 5.41) is 2.28. The molecule has 0 aliphatic rings. The molecule has 1 aromatic heterocycles. The van der Waals surface area contributed by atoms with Crippen LogP contribution in [0.1, 0.15) is 47.2 Å². The number of hydrogen-bond donors (Lipinski definition) is 2. The molecule has 0 aromatic carbocycles. The minimum absolute atomic E-state index is 0.0664. The molecule has 0 bridgehead atoms. The maximum absolute atomic E-state index is 11.6. The molecule has 7 heteroatoms. The van der Waals surface area contributed by atoms with Crippen molar-refractivity contribution in [2.24, 2.45) is 11.7 Å². The summed E-state index contributed by atoms with van der Waals surface area (Å²) >= 11 is 0. The Bertz CT molecular complexity index is 545. The molecule has 0 spiro atoms. The number of carbonyl (C=O) groups excluding carboxylic acids is 3. The number of nitrogens with two attached hydrogens (primary N) is 1. The van der Waals surface area contributed by atoms with Crippen LogP contribution in [0, 0.1) is 12.8 Å². The summed E-state index contributed by atoms with van der Waals surface area (Å²) in [7, 11) is 0. The molecule has 3 N–H and O–H groups in total. The van der Waals surface area contributed by atoms with Crippen LogP contribution >= 0.6 is 0 Å². The average Bonchev–Trinajstić information content (AvgIpc) is 2.63. The number of furan rings is 1. The largest absolute Gasteiger partial charge is 0.449 e. The zero-order valence-electron chi connectivity index (χ0n) is 11.9. The Kier molecular flexibility index (Phi) is 4.90.